The molecule has 3 aliphatic heterocycles. The zero-order chi connectivity index (χ0) is 19.7. The molecule has 2 atom stereocenters. The number of benzene rings is 1. The van der Waals surface area contributed by atoms with Crippen molar-refractivity contribution in [1.82, 2.24) is 24.5 Å². The summed E-state index contributed by atoms with van der Waals surface area (Å²) in [6, 6.07) is 11.0. The number of nitrogens with zero attached hydrogens (tertiary/aromatic N) is 5. The first-order valence-corrected chi connectivity index (χ1v) is 10.2. The second kappa shape index (κ2) is 8.05. The van der Waals surface area contributed by atoms with Crippen molar-refractivity contribution in [1.29, 1.82) is 0 Å². The predicted molar refractivity (Wildman–Crippen MR) is 111 cm³/mol. The zero-order valence-corrected chi connectivity index (χ0v) is 17.2. The number of piperidine rings is 1. The van der Waals surface area contributed by atoms with Crippen molar-refractivity contribution in [2.75, 3.05) is 40.3 Å². The van der Waals surface area contributed by atoms with E-state index in [4.69, 9.17) is 5.10 Å². The summed E-state index contributed by atoms with van der Waals surface area (Å²) in [4.78, 5) is 18.9. The molecule has 1 amide bonds. The molecule has 6 nitrogen and oxygen atoms in total. The van der Waals surface area contributed by atoms with Crippen molar-refractivity contribution in [2.24, 2.45) is 13.0 Å². The maximum Gasteiger partial charge on any atom is 0.236 e. The second-order valence-electron chi connectivity index (χ2n) is 8.55. The highest BCUT2D eigenvalue weighted by Gasteiger charge is 2.35. The summed E-state index contributed by atoms with van der Waals surface area (Å²) >= 11 is 0. The number of aromatic nitrogens is 2. The van der Waals surface area contributed by atoms with E-state index in [1.807, 2.05) is 31.9 Å². The fourth-order valence-electron chi connectivity index (χ4n) is 4.64. The van der Waals surface area contributed by atoms with Gasteiger partial charge in [0.15, 0.2) is 0 Å². The second-order valence-corrected chi connectivity index (χ2v) is 8.55. The van der Waals surface area contributed by atoms with Crippen molar-refractivity contribution >= 4 is 5.91 Å². The van der Waals surface area contributed by atoms with Gasteiger partial charge in [-0.1, -0.05) is 30.3 Å². The van der Waals surface area contributed by atoms with Gasteiger partial charge in [-0.25, -0.2) is 0 Å². The molecule has 0 spiro atoms. The van der Waals surface area contributed by atoms with E-state index in [2.05, 4.69) is 40.3 Å². The molecule has 0 N–H and O–H groups in total. The SMILES string of the molecule is CN(C)C(=O)CN1C[C@H]2CC[C@@H](C1)N(Cc1cn(C)nc1-c1ccccc1)C2. The van der Waals surface area contributed by atoms with E-state index < -0.39 is 0 Å². The van der Waals surface area contributed by atoms with Crippen molar-refractivity contribution < 1.29 is 4.79 Å². The molecule has 0 radical (unpaired) electrons. The predicted octanol–water partition coefficient (Wildman–Crippen LogP) is 2.07. The standard InChI is InChI=1S/C22H31N5O/c1-24(2)21(28)16-26-11-17-9-10-20(15-26)27(12-17)14-19-13-25(3)23-22(19)18-7-5-4-6-8-18/h4-8,13,17,20H,9-12,14-16H2,1-3H3/t17-,20+/m1/s1. The number of fused-ring (bicyclic) bond motifs is 4. The largest absolute Gasteiger partial charge is 0.348 e. The van der Waals surface area contributed by atoms with Crippen molar-refractivity contribution in [3.8, 4) is 11.3 Å². The molecule has 1 aromatic heterocycles. The molecule has 2 aromatic rings. The highest BCUT2D eigenvalue weighted by molar-refractivity contribution is 5.77. The molecule has 28 heavy (non-hydrogen) atoms. The third-order valence-corrected chi connectivity index (χ3v) is 6.09. The summed E-state index contributed by atoms with van der Waals surface area (Å²) in [5.41, 5.74) is 3.55. The molecule has 0 aliphatic carbocycles. The molecule has 2 bridgehead atoms. The maximum absolute atomic E-state index is 12.2. The lowest BCUT2D eigenvalue weighted by Gasteiger charge is -2.36. The van der Waals surface area contributed by atoms with Gasteiger partial charge in [-0.05, 0) is 18.8 Å². The van der Waals surface area contributed by atoms with Gasteiger partial charge in [-0.3, -0.25) is 19.3 Å². The van der Waals surface area contributed by atoms with Crippen LogP contribution in [0.3, 0.4) is 0 Å². The van der Waals surface area contributed by atoms with Crippen LogP contribution in [0.5, 0.6) is 0 Å². The average Bonchev–Trinajstić information content (AvgIpc) is 2.84. The van der Waals surface area contributed by atoms with E-state index in [9.17, 15) is 4.79 Å². The topological polar surface area (TPSA) is 44.6 Å². The summed E-state index contributed by atoms with van der Waals surface area (Å²) < 4.78 is 1.93. The first kappa shape index (κ1) is 19.2. The first-order valence-electron chi connectivity index (χ1n) is 10.2. The summed E-state index contributed by atoms with van der Waals surface area (Å²) in [6.45, 7) is 4.59. The van der Waals surface area contributed by atoms with Gasteiger partial charge in [0.2, 0.25) is 5.91 Å². The van der Waals surface area contributed by atoms with Crippen molar-refractivity contribution in [3.63, 3.8) is 0 Å². The molecule has 4 heterocycles. The van der Waals surface area contributed by atoms with Crippen molar-refractivity contribution in [2.45, 2.75) is 25.4 Å². The minimum absolute atomic E-state index is 0.200. The van der Waals surface area contributed by atoms with Gasteiger partial charge >= 0.3 is 0 Å². The van der Waals surface area contributed by atoms with Gasteiger partial charge in [-0.2, -0.15) is 5.10 Å². The van der Waals surface area contributed by atoms with Crippen LogP contribution in [0.4, 0.5) is 0 Å². The van der Waals surface area contributed by atoms with Crippen LogP contribution in [0.1, 0.15) is 18.4 Å². The molecule has 0 saturated carbocycles. The van der Waals surface area contributed by atoms with E-state index in [0.717, 1.165) is 31.9 Å². The van der Waals surface area contributed by atoms with E-state index >= 15 is 0 Å². The Labute approximate surface area is 167 Å². The molecule has 150 valence electrons. The summed E-state index contributed by atoms with van der Waals surface area (Å²) in [6.07, 6.45) is 4.65. The Morgan fingerprint density at radius 2 is 1.93 bits per heavy atom. The van der Waals surface area contributed by atoms with E-state index in [-0.39, 0.29) is 5.91 Å². The number of carbonyl (C=O) groups is 1. The highest BCUT2D eigenvalue weighted by atomic mass is 16.2. The normalized spacial score (nSPS) is 23.0. The lowest BCUT2D eigenvalue weighted by atomic mass is 9.94. The molecule has 3 saturated heterocycles. The fraction of sp³-hybridized carbons (Fsp3) is 0.545. The minimum Gasteiger partial charge on any atom is -0.348 e. The number of hydrogen-bond donors (Lipinski definition) is 0. The van der Waals surface area contributed by atoms with Crippen LogP contribution in [-0.2, 0) is 18.4 Å². The van der Waals surface area contributed by atoms with E-state index in [1.165, 1.54) is 24.0 Å². The van der Waals surface area contributed by atoms with Crippen LogP contribution < -0.4 is 0 Å². The van der Waals surface area contributed by atoms with Crippen LogP contribution in [0.25, 0.3) is 11.3 Å². The lowest BCUT2D eigenvalue weighted by Crippen LogP contribution is -2.44. The molecule has 6 heteroatoms. The van der Waals surface area contributed by atoms with Crippen LogP contribution in [-0.4, -0.2) is 76.7 Å². The Hall–Kier alpha value is -2.18. The maximum atomic E-state index is 12.2. The van der Waals surface area contributed by atoms with Crippen LogP contribution in [0.2, 0.25) is 0 Å². The van der Waals surface area contributed by atoms with E-state index in [1.54, 1.807) is 4.90 Å². The highest BCUT2D eigenvalue weighted by Crippen LogP contribution is 2.31. The number of aryl methyl sites for hydroxylation is 1. The Morgan fingerprint density at radius 3 is 2.68 bits per heavy atom. The van der Waals surface area contributed by atoms with Crippen LogP contribution >= 0.6 is 0 Å². The number of carbonyl (C=O) groups excluding carboxylic acids is 1. The van der Waals surface area contributed by atoms with Crippen LogP contribution in [0.15, 0.2) is 36.5 Å². The molecular weight excluding hydrogens is 350 g/mol. The third-order valence-electron chi connectivity index (χ3n) is 6.09. The van der Waals surface area contributed by atoms with Gasteiger partial charge in [0.25, 0.3) is 0 Å². The van der Waals surface area contributed by atoms with Gasteiger partial charge in [0.1, 0.15) is 0 Å². The van der Waals surface area contributed by atoms with Gasteiger partial charge in [0.05, 0.1) is 12.2 Å². The summed E-state index contributed by atoms with van der Waals surface area (Å²) in [5, 5.41) is 4.74. The molecular formula is C22H31N5O. The Bertz CT molecular complexity index is 816. The zero-order valence-electron chi connectivity index (χ0n) is 17.2. The molecule has 0 unspecified atom stereocenters. The van der Waals surface area contributed by atoms with Crippen LogP contribution in [0, 0.1) is 5.92 Å². The Morgan fingerprint density at radius 1 is 1.14 bits per heavy atom. The van der Waals surface area contributed by atoms with Gasteiger partial charge in [0, 0.05) is 70.7 Å². The quantitative estimate of drug-likeness (QED) is 0.795. The monoisotopic (exact) mass is 381 g/mol. The minimum atomic E-state index is 0.200. The Kier molecular flexibility index (Phi) is 5.51. The molecule has 1 aromatic carbocycles. The Balaban J connectivity index is 1.50. The third kappa shape index (κ3) is 4.13. The number of amides is 1. The molecule has 3 aliphatic rings. The number of likely N-dealkylation sites (N-methyl/N-ethyl adjacent to an activating group) is 1. The van der Waals surface area contributed by atoms with Crippen molar-refractivity contribution in [3.05, 3.63) is 42.1 Å². The number of hydrogen-bond acceptors (Lipinski definition) is 4. The van der Waals surface area contributed by atoms with Gasteiger partial charge in [-0.15, -0.1) is 0 Å². The average molecular weight is 382 g/mol. The molecule has 5 rings (SSSR count). The van der Waals surface area contributed by atoms with Gasteiger partial charge < -0.3 is 4.90 Å². The first-order chi connectivity index (χ1) is 13.5. The summed E-state index contributed by atoms with van der Waals surface area (Å²) in [5.74, 6) is 0.844. The fourth-order valence-corrected chi connectivity index (χ4v) is 4.64. The molecule has 3 fully saturated rings. The van der Waals surface area contributed by atoms with E-state index in [0.29, 0.717) is 18.5 Å². The smallest absolute Gasteiger partial charge is 0.236 e. The summed E-state index contributed by atoms with van der Waals surface area (Å²) in [7, 11) is 5.68. The lowest BCUT2D eigenvalue weighted by molar-refractivity contribution is -0.130. The number of rotatable bonds is 5.